The Kier molecular flexibility index (Phi) is 6.73. The van der Waals surface area contributed by atoms with Crippen LogP contribution in [0.15, 0.2) is 53.6 Å². The molecule has 26 heavy (non-hydrogen) atoms. The van der Waals surface area contributed by atoms with Crippen LogP contribution in [-0.4, -0.2) is 41.2 Å². The molecule has 0 bridgehead atoms. The van der Waals surface area contributed by atoms with Crippen molar-refractivity contribution in [1.82, 2.24) is 10.3 Å². The first-order valence-electron chi connectivity index (χ1n) is 8.32. The lowest BCUT2D eigenvalue weighted by atomic mass is 10.2. The Morgan fingerprint density at radius 2 is 1.65 bits per heavy atom. The molecular weight excluding hydrogens is 332 g/mol. The number of phenolic OH excluding ortho intramolecular Hbond substituents is 1. The number of urea groups is 1. The Bertz CT molecular complexity index is 766. The van der Waals surface area contributed by atoms with Crippen molar-refractivity contribution in [1.29, 1.82) is 0 Å². The summed E-state index contributed by atoms with van der Waals surface area (Å²) in [7, 11) is 0. The Morgan fingerprint density at radius 3 is 2.23 bits per heavy atom. The van der Waals surface area contributed by atoms with Gasteiger partial charge in [-0.15, -0.1) is 0 Å². The predicted octanol–water partition coefficient (Wildman–Crippen LogP) is 3.03. The molecule has 0 fully saturated rings. The first-order valence-corrected chi connectivity index (χ1v) is 8.32. The number of hydrogen-bond donors (Lipinski definition) is 3. The largest absolute Gasteiger partial charge is 0.508 e. The van der Waals surface area contributed by atoms with Crippen LogP contribution in [0.2, 0.25) is 0 Å². The van der Waals surface area contributed by atoms with Crippen LogP contribution in [-0.2, 0) is 0 Å². The fraction of sp³-hybridized carbons (Fsp3) is 0.211. The lowest BCUT2D eigenvalue weighted by Gasteiger charge is -2.19. The molecule has 0 atom stereocenters. The van der Waals surface area contributed by atoms with E-state index in [9.17, 15) is 14.7 Å². The van der Waals surface area contributed by atoms with Gasteiger partial charge in [-0.3, -0.25) is 4.79 Å². The van der Waals surface area contributed by atoms with Crippen molar-refractivity contribution in [2.24, 2.45) is 5.10 Å². The van der Waals surface area contributed by atoms with Gasteiger partial charge >= 0.3 is 6.03 Å². The van der Waals surface area contributed by atoms with E-state index in [-0.39, 0.29) is 17.7 Å². The van der Waals surface area contributed by atoms with E-state index in [0.29, 0.717) is 24.3 Å². The summed E-state index contributed by atoms with van der Waals surface area (Å²) in [5, 5.41) is 15.9. The number of aromatic hydroxyl groups is 1. The zero-order chi connectivity index (χ0) is 18.9. The van der Waals surface area contributed by atoms with Crippen LogP contribution in [0.3, 0.4) is 0 Å². The maximum Gasteiger partial charge on any atom is 0.321 e. The van der Waals surface area contributed by atoms with E-state index in [0.717, 1.165) is 5.56 Å². The van der Waals surface area contributed by atoms with Gasteiger partial charge in [0.2, 0.25) is 0 Å². The van der Waals surface area contributed by atoms with Gasteiger partial charge in [-0.05, 0) is 67.9 Å². The lowest BCUT2D eigenvalue weighted by Crippen LogP contribution is -2.34. The Balaban J connectivity index is 1.91. The zero-order valence-corrected chi connectivity index (χ0v) is 14.8. The van der Waals surface area contributed by atoms with Gasteiger partial charge in [0.25, 0.3) is 5.91 Å². The molecule has 0 unspecified atom stereocenters. The number of nitrogens with zero attached hydrogens (tertiary/aromatic N) is 2. The highest BCUT2D eigenvalue weighted by atomic mass is 16.3. The van der Waals surface area contributed by atoms with Crippen molar-refractivity contribution >= 4 is 23.8 Å². The molecule has 3 amide bonds. The van der Waals surface area contributed by atoms with Crippen molar-refractivity contribution in [2.75, 3.05) is 18.4 Å². The summed E-state index contributed by atoms with van der Waals surface area (Å²) < 4.78 is 0. The van der Waals surface area contributed by atoms with Crippen LogP contribution >= 0.6 is 0 Å². The molecule has 0 aromatic heterocycles. The van der Waals surface area contributed by atoms with Gasteiger partial charge in [-0.1, -0.05) is 0 Å². The predicted molar refractivity (Wildman–Crippen MR) is 102 cm³/mol. The summed E-state index contributed by atoms with van der Waals surface area (Å²) in [4.78, 5) is 25.7. The number of benzene rings is 2. The molecule has 7 nitrogen and oxygen atoms in total. The van der Waals surface area contributed by atoms with Gasteiger partial charge in [0.1, 0.15) is 5.75 Å². The summed E-state index contributed by atoms with van der Waals surface area (Å²) in [6.45, 7) is 5.08. The third-order valence-electron chi connectivity index (χ3n) is 3.72. The first kappa shape index (κ1) is 19.0. The maximum atomic E-state index is 12.1. The molecule has 2 aromatic carbocycles. The van der Waals surface area contributed by atoms with Crippen LogP contribution < -0.4 is 10.7 Å². The second-order valence-electron chi connectivity index (χ2n) is 5.47. The standard InChI is InChI=1S/C19H22N4O3/c1-3-23(4-2)19(26)21-16-9-7-15(8-10-16)18(25)22-20-13-14-5-11-17(24)12-6-14/h5-13,24H,3-4H2,1-2H3,(H,21,26)(H,22,25)/b20-13-. The summed E-state index contributed by atoms with van der Waals surface area (Å²) in [6, 6.07) is 12.8. The minimum Gasteiger partial charge on any atom is -0.508 e. The molecule has 2 aromatic rings. The number of carbonyl (C=O) groups excluding carboxylic acids is 2. The van der Waals surface area contributed by atoms with Crippen LogP contribution in [0, 0.1) is 0 Å². The second kappa shape index (κ2) is 9.22. The van der Waals surface area contributed by atoms with Crippen molar-refractivity contribution in [3.63, 3.8) is 0 Å². The highest BCUT2D eigenvalue weighted by molar-refractivity contribution is 5.96. The van der Waals surface area contributed by atoms with E-state index in [4.69, 9.17) is 0 Å². The highest BCUT2D eigenvalue weighted by Crippen LogP contribution is 2.11. The van der Waals surface area contributed by atoms with Gasteiger partial charge in [-0.2, -0.15) is 5.10 Å². The number of amides is 3. The zero-order valence-electron chi connectivity index (χ0n) is 14.8. The van der Waals surface area contributed by atoms with Crippen molar-refractivity contribution < 1.29 is 14.7 Å². The van der Waals surface area contributed by atoms with E-state index in [1.54, 1.807) is 41.3 Å². The lowest BCUT2D eigenvalue weighted by molar-refractivity contribution is 0.0955. The summed E-state index contributed by atoms with van der Waals surface area (Å²) in [5.41, 5.74) is 4.22. The quantitative estimate of drug-likeness (QED) is 0.550. The van der Waals surface area contributed by atoms with E-state index >= 15 is 0 Å². The molecule has 0 aliphatic rings. The number of phenols is 1. The molecule has 0 aliphatic carbocycles. The molecule has 0 aliphatic heterocycles. The third kappa shape index (κ3) is 5.34. The molecule has 0 heterocycles. The van der Waals surface area contributed by atoms with E-state index in [1.165, 1.54) is 18.3 Å². The molecule has 3 N–H and O–H groups in total. The topological polar surface area (TPSA) is 94.0 Å². The minimum atomic E-state index is -0.360. The average molecular weight is 354 g/mol. The monoisotopic (exact) mass is 354 g/mol. The van der Waals surface area contributed by atoms with Gasteiger partial charge < -0.3 is 15.3 Å². The van der Waals surface area contributed by atoms with Crippen LogP contribution in [0.5, 0.6) is 5.75 Å². The number of hydrogen-bond acceptors (Lipinski definition) is 4. The average Bonchev–Trinajstić information content (AvgIpc) is 2.65. The summed E-state index contributed by atoms with van der Waals surface area (Å²) in [6.07, 6.45) is 1.48. The summed E-state index contributed by atoms with van der Waals surface area (Å²) in [5.74, 6) is -0.194. The van der Waals surface area contributed by atoms with E-state index < -0.39 is 0 Å². The number of carbonyl (C=O) groups is 2. The van der Waals surface area contributed by atoms with E-state index in [2.05, 4.69) is 15.8 Å². The molecule has 0 saturated heterocycles. The summed E-state index contributed by atoms with van der Waals surface area (Å²) >= 11 is 0. The Hall–Kier alpha value is -3.35. The Labute approximate surface area is 152 Å². The number of anilines is 1. The molecule has 0 saturated carbocycles. The van der Waals surface area contributed by atoms with Gasteiger partial charge in [0, 0.05) is 24.3 Å². The van der Waals surface area contributed by atoms with Crippen molar-refractivity contribution in [3.8, 4) is 5.75 Å². The highest BCUT2D eigenvalue weighted by Gasteiger charge is 2.10. The number of hydrazone groups is 1. The third-order valence-corrected chi connectivity index (χ3v) is 3.72. The normalized spacial score (nSPS) is 10.5. The van der Waals surface area contributed by atoms with Gasteiger partial charge in [0.05, 0.1) is 6.21 Å². The molecule has 0 spiro atoms. The van der Waals surface area contributed by atoms with Gasteiger partial charge in [0.15, 0.2) is 0 Å². The molecule has 2 rings (SSSR count). The maximum absolute atomic E-state index is 12.1. The van der Waals surface area contributed by atoms with Crippen LogP contribution in [0.1, 0.15) is 29.8 Å². The minimum absolute atomic E-state index is 0.166. The molecular formula is C19H22N4O3. The Morgan fingerprint density at radius 1 is 1.04 bits per heavy atom. The fourth-order valence-corrected chi connectivity index (χ4v) is 2.21. The smallest absolute Gasteiger partial charge is 0.321 e. The molecule has 136 valence electrons. The van der Waals surface area contributed by atoms with Crippen LogP contribution in [0.25, 0.3) is 0 Å². The molecule has 0 radical (unpaired) electrons. The number of nitrogens with one attached hydrogen (secondary N) is 2. The number of rotatable bonds is 6. The fourth-order valence-electron chi connectivity index (χ4n) is 2.21. The first-order chi connectivity index (χ1) is 12.5. The van der Waals surface area contributed by atoms with Crippen LogP contribution in [0.4, 0.5) is 10.5 Å². The van der Waals surface area contributed by atoms with E-state index in [1.807, 2.05) is 13.8 Å². The van der Waals surface area contributed by atoms with Crippen molar-refractivity contribution in [3.05, 3.63) is 59.7 Å². The van der Waals surface area contributed by atoms with Crippen molar-refractivity contribution in [2.45, 2.75) is 13.8 Å². The van der Waals surface area contributed by atoms with Gasteiger partial charge in [-0.25, -0.2) is 10.2 Å². The second-order valence-corrected chi connectivity index (χ2v) is 5.47. The molecule has 7 heteroatoms. The SMILES string of the molecule is CCN(CC)C(=O)Nc1ccc(C(=O)N/N=C\c2ccc(O)cc2)cc1.